The van der Waals surface area contributed by atoms with E-state index in [0.29, 0.717) is 22.3 Å². The summed E-state index contributed by atoms with van der Waals surface area (Å²) >= 11 is 0. The lowest BCUT2D eigenvalue weighted by Gasteiger charge is -2.28. The van der Waals surface area contributed by atoms with Gasteiger partial charge in [0.1, 0.15) is 0 Å². The summed E-state index contributed by atoms with van der Waals surface area (Å²) in [5, 5.41) is 7.42. The summed E-state index contributed by atoms with van der Waals surface area (Å²) in [6.45, 7) is 3.14. The van der Waals surface area contributed by atoms with Crippen molar-refractivity contribution in [1.82, 2.24) is 10.2 Å². The molecule has 1 aliphatic rings. The number of anilines is 1. The van der Waals surface area contributed by atoms with Gasteiger partial charge in [0.2, 0.25) is 0 Å². The molecule has 190 valence electrons. The molecule has 0 saturated carbocycles. The van der Waals surface area contributed by atoms with E-state index in [-0.39, 0.29) is 30.2 Å². The van der Waals surface area contributed by atoms with Gasteiger partial charge < -0.3 is 9.64 Å². The molecule has 0 unspecified atom stereocenters. The van der Waals surface area contributed by atoms with Crippen molar-refractivity contribution >= 4 is 23.0 Å². The van der Waals surface area contributed by atoms with Crippen LogP contribution in [0.2, 0.25) is 0 Å². The van der Waals surface area contributed by atoms with E-state index in [0.717, 1.165) is 43.1 Å². The van der Waals surface area contributed by atoms with Gasteiger partial charge in [0.05, 0.1) is 25.6 Å². The van der Waals surface area contributed by atoms with Crippen molar-refractivity contribution in [2.45, 2.75) is 12.8 Å². The van der Waals surface area contributed by atoms with Gasteiger partial charge in [-0.3, -0.25) is 14.4 Å². The summed E-state index contributed by atoms with van der Waals surface area (Å²) in [6.07, 6.45) is 3.42. The maximum absolute atomic E-state index is 13.0. The summed E-state index contributed by atoms with van der Waals surface area (Å²) in [4.78, 5) is 40.4. The van der Waals surface area contributed by atoms with E-state index in [1.165, 1.54) is 12.4 Å². The van der Waals surface area contributed by atoms with Crippen LogP contribution in [0.3, 0.4) is 0 Å². The highest BCUT2D eigenvalue weighted by Gasteiger charge is 2.14. The number of carbonyl (C=O) groups excluding carboxylic acids is 3. The zero-order valence-electron chi connectivity index (χ0n) is 20.9. The van der Waals surface area contributed by atoms with E-state index in [1.54, 1.807) is 42.5 Å². The minimum absolute atomic E-state index is 0.0327. The second kappa shape index (κ2) is 11.7. The third kappa shape index (κ3) is 6.07. The summed E-state index contributed by atoms with van der Waals surface area (Å²) < 4.78 is 5.40. The molecule has 1 fully saturated rings. The van der Waals surface area contributed by atoms with Crippen LogP contribution >= 0.6 is 0 Å². The highest BCUT2D eigenvalue weighted by atomic mass is 16.5. The van der Waals surface area contributed by atoms with Crippen LogP contribution in [0.1, 0.15) is 47.8 Å². The summed E-state index contributed by atoms with van der Waals surface area (Å²) in [5.41, 5.74) is 5.01. The molecule has 4 aromatic rings. The third-order valence-corrected chi connectivity index (χ3v) is 6.63. The Labute approximate surface area is 221 Å². The van der Waals surface area contributed by atoms with Gasteiger partial charge in [0.25, 0.3) is 0 Å². The Balaban J connectivity index is 1.17. The first-order chi connectivity index (χ1) is 18.6. The lowest BCUT2D eigenvalue weighted by molar-refractivity contribution is 0.0984. The van der Waals surface area contributed by atoms with Crippen LogP contribution in [-0.2, 0) is 17.6 Å². The highest BCUT2D eigenvalue weighted by molar-refractivity contribution is 6.09. The van der Waals surface area contributed by atoms with E-state index >= 15 is 0 Å². The van der Waals surface area contributed by atoms with E-state index < -0.39 is 0 Å². The van der Waals surface area contributed by atoms with Crippen molar-refractivity contribution in [3.8, 4) is 0 Å². The maximum Gasteiger partial charge on any atom is 0.193 e. The first-order valence-corrected chi connectivity index (χ1v) is 12.6. The van der Waals surface area contributed by atoms with E-state index in [1.807, 2.05) is 36.4 Å². The number of benzene rings is 3. The molecule has 0 aliphatic carbocycles. The van der Waals surface area contributed by atoms with Crippen LogP contribution in [0.5, 0.6) is 0 Å². The van der Waals surface area contributed by atoms with E-state index in [9.17, 15) is 14.4 Å². The molecule has 0 radical (unpaired) electrons. The largest absolute Gasteiger partial charge is 0.378 e. The van der Waals surface area contributed by atoms with Gasteiger partial charge >= 0.3 is 0 Å². The fourth-order valence-electron chi connectivity index (χ4n) is 4.42. The van der Waals surface area contributed by atoms with Gasteiger partial charge in [0.15, 0.2) is 17.3 Å². The van der Waals surface area contributed by atoms with Gasteiger partial charge in [-0.15, -0.1) is 0 Å². The van der Waals surface area contributed by atoms with Crippen LogP contribution in [0.25, 0.3) is 0 Å². The first-order valence-electron chi connectivity index (χ1n) is 12.6. The smallest absolute Gasteiger partial charge is 0.193 e. The van der Waals surface area contributed by atoms with Crippen LogP contribution in [-0.4, -0.2) is 53.9 Å². The number of hydrogen-bond donors (Lipinski definition) is 0. The van der Waals surface area contributed by atoms with Crippen molar-refractivity contribution in [3.05, 3.63) is 125 Å². The van der Waals surface area contributed by atoms with Crippen LogP contribution < -0.4 is 4.90 Å². The molecule has 0 amide bonds. The van der Waals surface area contributed by atoms with Crippen molar-refractivity contribution < 1.29 is 19.1 Å². The molecular weight excluding hydrogens is 478 g/mol. The second-order valence-corrected chi connectivity index (χ2v) is 9.20. The monoisotopic (exact) mass is 505 g/mol. The predicted octanol–water partition coefficient (Wildman–Crippen LogP) is 4.40. The van der Waals surface area contributed by atoms with Crippen LogP contribution in [0.4, 0.5) is 5.69 Å². The highest BCUT2D eigenvalue weighted by Crippen LogP contribution is 2.19. The average molecular weight is 506 g/mol. The normalized spacial score (nSPS) is 13.2. The summed E-state index contributed by atoms with van der Waals surface area (Å²) in [6, 6.07) is 23.5. The minimum Gasteiger partial charge on any atom is -0.378 e. The Bertz CT molecular complexity index is 1410. The van der Waals surface area contributed by atoms with Gasteiger partial charge in [-0.2, -0.15) is 10.2 Å². The number of ether oxygens (including phenoxy) is 1. The second-order valence-electron chi connectivity index (χ2n) is 9.20. The number of morpholine rings is 1. The molecule has 0 N–H and O–H groups in total. The SMILES string of the molecule is O=C(Cc1ccc(C(=O)c2ccc(CC(=O)c3ccnnc3)cc2)cc1)c1ccc(N2CCOCC2)cc1. The number of rotatable bonds is 9. The summed E-state index contributed by atoms with van der Waals surface area (Å²) in [5.74, 6) is -0.139. The quantitative estimate of drug-likeness (QED) is 0.312. The number of aromatic nitrogens is 2. The molecule has 0 spiro atoms. The van der Waals surface area contributed by atoms with Crippen molar-refractivity contribution in [1.29, 1.82) is 0 Å². The lowest BCUT2D eigenvalue weighted by Crippen LogP contribution is -2.36. The van der Waals surface area contributed by atoms with Gasteiger partial charge in [-0.1, -0.05) is 48.5 Å². The Morgan fingerprint density at radius 1 is 0.632 bits per heavy atom. The Morgan fingerprint density at radius 3 is 1.68 bits per heavy atom. The molecular formula is C31H27N3O4. The average Bonchev–Trinajstić information content (AvgIpc) is 2.98. The molecule has 7 nitrogen and oxygen atoms in total. The van der Waals surface area contributed by atoms with Gasteiger partial charge in [-0.05, 0) is 41.5 Å². The molecule has 0 atom stereocenters. The van der Waals surface area contributed by atoms with Crippen LogP contribution in [0.15, 0.2) is 91.3 Å². The van der Waals surface area contributed by atoms with Crippen LogP contribution in [0, 0.1) is 0 Å². The fraction of sp³-hybridized carbons (Fsp3) is 0.194. The molecule has 1 aromatic heterocycles. The maximum atomic E-state index is 13.0. The fourth-order valence-corrected chi connectivity index (χ4v) is 4.42. The zero-order valence-corrected chi connectivity index (χ0v) is 20.9. The lowest BCUT2D eigenvalue weighted by atomic mass is 9.97. The molecule has 0 bridgehead atoms. The van der Waals surface area contributed by atoms with Crippen molar-refractivity contribution in [2.24, 2.45) is 0 Å². The molecule has 2 heterocycles. The standard InChI is InChI=1S/C31H27N3O4/c35-29(24-9-11-28(12-10-24)34-15-17-38-18-16-34)19-22-1-5-25(6-2-22)31(37)26-7-3-23(4-8-26)20-30(36)27-13-14-32-33-21-27/h1-14,21H,15-20H2. The minimum atomic E-state index is -0.113. The van der Waals surface area contributed by atoms with Crippen molar-refractivity contribution in [2.75, 3.05) is 31.2 Å². The zero-order chi connectivity index (χ0) is 26.3. The van der Waals surface area contributed by atoms with Gasteiger partial charge in [0, 0.05) is 53.9 Å². The van der Waals surface area contributed by atoms with Gasteiger partial charge in [-0.25, -0.2) is 0 Å². The predicted molar refractivity (Wildman–Crippen MR) is 144 cm³/mol. The van der Waals surface area contributed by atoms with Crippen molar-refractivity contribution in [3.63, 3.8) is 0 Å². The van der Waals surface area contributed by atoms with E-state index in [4.69, 9.17) is 4.74 Å². The molecule has 5 rings (SSSR count). The third-order valence-electron chi connectivity index (χ3n) is 6.63. The number of carbonyl (C=O) groups is 3. The molecule has 7 heteroatoms. The molecule has 1 aliphatic heterocycles. The summed E-state index contributed by atoms with van der Waals surface area (Å²) in [7, 11) is 0. The number of Topliss-reactive ketones (excluding diaryl/α,β-unsaturated/α-hetero) is 2. The molecule has 38 heavy (non-hydrogen) atoms. The number of hydrogen-bond acceptors (Lipinski definition) is 7. The van der Waals surface area contributed by atoms with E-state index in [2.05, 4.69) is 15.1 Å². The molecule has 3 aromatic carbocycles. The Hall–Kier alpha value is -4.49. The first kappa shape index (κ1) is 25.2. The number of ketones is 3. The topological polar surface area (TPSA) is 89.5 Å². The Morgan fingerprint density at radius 2 is 1.16 bits per heavy atom. The number of nitrogens with zero attached hydrogens (tertiary/aromatic N) is 3. The Kier molecular flexibility index (Phi) is 7.75. The molecule has 1 saturated heterocycles.